The third-order valence-electron chi connectivity index (χ3n) is 2.77. The van der Waals surface area contributed by atoms with E-state index >= 15 is 0 Å². The van der Waals surface area contributed by atoms with Gasteiger partial charge in [-0.25, -0.2) is 0 Å². The number of nitrogens with zero attached hydrogens (tertiary/aromatic N) is 1. The fraction of sp³-hybridized carbons (Fsp3) is 0.462. The highest BCUT2D eigenvalue weighted by Gasteiger charge is 2.18. The average Bonchev–Trinajstić information content (AvgIpc) is 2.36. The summed E-state index contributed by atoms with van der Waals surface area (Å²) in [7, 11) is 0. The zero-order valence-electron chi connectivity index (χ0n) is 10.7. The maximum Gasteiger partial charge on any atom is 0.239 e. The molecule has 1 rings (SSSR count). The van der Waals surface area contributed by atoms with Crippen LogP contribution in [0.2, 0.25) is 5.02 Å². The summed E-state index contributed by atoms with van der Waals surface area (Å²) in [5.74, 6) is -0.0186. The minimum absolute atomic E-state index is 0. The van der Waals surface area contributed by atoms with E-state index in [1.807, 2.05) is 38.1 Å². The molecule has 0 aromatic heterocycles. The van der Waals surface area contributed by atoms with Crippen molar-refractivity contribution in [2.75, 3.05) is 6.54 Å². The Balaban J connectivity index is 0.00000289. The first-order valence-electron chi connectivity index (χ1n) is 5.87. The number of nitrogens with two attached hydrogens (primary N) is 1. The molecule has 0 bridgehead atoms. The summed E-state index contributed by atoms with van der Waals surface area (Å²) in [4.78, 5) is 13.7. The van der Waals surface area contributed by atoms with Gasteiger partial charge in [0.1, 0.15) is 0 Å². The molecule has 1 atom stereocenters. The summed E-state index contributed by atoms with van der Waals surface area (Å²) in [5, 5.41) is 0.684. The summed E-state index contributed by atoms with van der Waals surface area (Å²) in [5.41, 5.74) is 6.71. The van der Waals surface area contributed by atoms with Crippen molar-refractivity contribution >= 4 is 29.9 Å². The standard InChI is InChI=1S/C13H19ClN2O.ClH/c1-3-12(15)13(17)16(4-2)9-10-7-5-6-8-11(10)14;/h5-8,12H,3-4,9,15H2,1-2H3;1H/t12-;/m0./s1. The van der Waals surface area contributed by atoms with Gasteiger partial charge in [-0.3, -0.25) is 4.79 Å². The first-order chi connectivity index (χ1) is 8.10. The lowest BCUT2D eigenvalue weighted by molar-refractivity contribution is -0.133. The number of rotatable bonds is 5. The van der Waals surface area contributed by atoms with Crippen molar-refractivity contribution in [3.8, 4) is 0 Å². The van der Waals surface area contributed by atoms with Crippen molar-refractivity contribution in [3.63, 3.8) is 0 Å². The van der Waals surface area contributed by atoms with Gasteiger partial charge < -0.3 is 10.6 Å². The van der Waals surface area contributed by atoms with Crippen LogP contribution < -0.4 is 5.73 Å². The van der Waals surface area contributed by atoms with Crippen LogP contribution in [-0.4, -0.2) is 23.4 Å². The van der Waals surface area contributed by atoms with E-state index in [-0.39, 0.29) is 18.3 Å². The number of carbonyl (C=O) groups excluding carboxylic acids is 1. The van der Waals surface area contributed by atoms with Gasteiger partial charge in [0.15, 0.2) is 0 Å². The molecule has 0 aliphatic heterocycles. The Hall–Kier alpha value is -0.770. The molecule has 2 N–H and O–H groups in total. The Morgan fingerprint density at radius 2 is 2.00 bits per heavy atom. The molecule has 1 aromatic carbocycles. The molecule has 1 amide bonds. The maximum atomic E-state index is 12.0. The summed E-state index contributed by atoms with van der Waals surface area (Å²) in [6.45, 7) is 5.00. The molecular formula is C13H20Cl2N2O. The van der Waals surface area contributed by atoms with Crippen LogP contribution >= 0.6 is 24.0 Å². The fourth-order valence-electron chi connectivity index (χ4n) is 1.59. The zero-order valence-corrected chi connectivity index (χ0v) is 12.3. The number of likely N-dealkylation sites (N-methyl/N-ethyl adjacent to an activating group) is 1. The second-order valence-electron chi connectivity index (χ2n) is 3.96. The number of hydrogen-bond acceptors (Lipinski definition) is 2. The van der Waals surface area contributed by atoms with Crippen LogP contribution in [0.5, 0.6) is 0 Å². The molecule has 0 aliphatic carbocycles. The lowest BCUT2D eigenvalue weighted by Gasteiger charge is -2.24. The summed E-state index contributed by atoms with van der Waals surface area (Å²) in [6, 6.07) is 7.13. The molecule has 0 aliphatic rings. The van der Waals surface area contributed by atoms with E-state index in [9.17, 15) is 4.79 Å². The summed E-state index contributed by atoms with van der Waals surface area (Å²) < 4.78 is 0. The van der Waals surface area contributed by atoms with Crippen LogP contribution in [0.1, 0.15) is 25.8 Å². The van der Waals surface area contributed by atoms with Gasteiger partial charge in [0, 0.05) is 18.1 Å². The van der Waals surface area contributed by atoms with Crippen LogP contribution in [0.15, 0.2) is 24.3 Å². The molecule has 1 aromatic rings. The van der Waals surface area contributed by atoms with Gasteiger partial charge in [-0.05, 0) is 25.0 Å². The van der Waals surface area contributed by atoms with Crippen molar-refractivity contribution in [1.82, 2.24) is 4.90 Å². The van der Waals surface area contributed by atoms with E-state index < -0.39 is 6.04 Å². The molecule has 0 unspecified atom stereocenters. The van der Waals surface area contributed by atoms with Gasteiger partial charge in [0.25, 0.3) is 0 Å². The Kier molecular flexibility index (Phi) is 8.00. The second kappa shape index (κ2) is 8.35. The molecule has 0 saturated carbocycles. The Morgan fingerprint density at radius 3 is 2.50 bits per heavy atom. The van der Waals surface area contributed by atoms with Crippen LogP contribution in [0.3, 0.4) is 0 Å². The van der Waals surface area contributed by atoms with Crippen molar-refractivity contribution in [1.29, 1.82) is 0 Å². The smallest absolute Gasteiger partial charge is 0.239 e. The molecule has 0 fully saturated rings. The van der Waals surface area contributed by atoms with Gasteiger partial charge in [0.05, 0.1) is 6.04 Å². The van der Waals surface area contributed by atoms with Gasteiger partial charge >= 0.3 is 0 Å². The van der Waals surface area contributed by atoms with Crippen molar-refractivity contribution in [3.05, 3.63) is 34.9 Å². The molecule has 0 spiro atoms. The summed E-state index contributed by atoms with van der Waals surface area (Å²) in [6.07, 6.45) is 0.651. The van der Waals surface area contributed by atoms with Crippen LogP contribution in [0, 0.1) is 0 Å². The second-order valence-corrected chi connectivity index (χ2v) is 4.37. The van der Waals surface area contributed by atoms with Gasteiger partial charge in [0.2, 0.25) is 5.91 Å². The highest BCUT2D eigenvalue weighted by molar-refractivity contribution is 6.31. The molecule has 0 radical (unpaired) electrons. The normalized spacial score (nSPS) is 11.6. The largest absolute Gasteiger partial charge is 0.337 e. The third kappa shape index (κ3) is 4.48. The highest BCUT2D eigenvalue weighted by atomic mass is 35.5. The van der Waals surface area contributed by atoms with E-state index in [1.165, 1.54) is 0 Å². The Bertz CT molecular complexity index is 385. The average molecular weight is 291 g/mol. The van der Waals surface area contributed by atoms with Crippen LogP contribution in [-0.2, 0) is 11.3 Å². The van der Waals surface area contributed by atoms with Crippen LogP contribution in [0.4, 0.5) is 0 Å². The quantitative estimate of drug-likeness (QED) is 0.906. The first-order valence-corrected chi connectivity index (χ1v) is 6.25. The fourth-order valence-corrected chi connectivity index (χ4v) is 1.78. The number of halogens is 2. The monoisotopic (exact) mass is 290 g/mol. The predicted molar refractivity (Wildman–Crippen MR) is 78.1 cm³/mol. The van der Waals surface area contributed by atoms with E-state index in [2.05, 4.69) is 0 Å². The molecule has 0 saturated heterocycles. The Morgan fingerprint density at radius 1 is 1.39 bits per heavy atom. The van der Waals surface area contributed by atoms with E-state index in [0.29, 0.717) is 24.5 Å². The number of amides is 1. The van der Waals surface area contributed by atoms with E-state index in [1.54, 1.807) is 4.90 Å². The lowest BCUT2D eigenvalue weighted by Crippen LogP contribution is -2.42. The zero-order chi connectivity index (χ0) is 12.8. The molecular weight excluding hydrogens is 271 g/mol. The van der Waals surface area contributed by atoms with Gasteiger partial charge in [-0.1, -0.05) is 36.7 Å². The molecule has 0 heterocycles. The molecule has 3 nitrogen and oxygen atoms in total. The molecule has 102 valence electrons. The number of carbonyl (C=O) groups is 1. The SMILES string of the molecule is CC[C@H](N)C(=O)N(CC)Cc1ccccc1Cl.Cl. The molecule has 5 heteroatoms. The predicted octanol–water partition coefficient (Wildman–Crippen LogP) is 2.85. The number of hydrogen-bond donors (Lipinski definition) is 1. The van der Waals surface area contributed by atoms with Gasteiger partial charge in [-0.2, -0.15) is 0 Å². The third-order valence-corrected chi connectivity index (χ3v) is 3.14. The van der Waals surface area contributed by atoms with Gasteiger partial charge in [-0.15, -0.1) is 12.4 Å². The number of benzene rings is 1. The topological polar surface area (TPSA) is 46.3 Å². The first kappa shape index (κ1) is 17.2. The summed E-state index contributed by atoms with van der Waals surface area (Å²) >= 11 is 6.07. The molecule has 18 heavy (non-hydrogen) atoms. The minimum Gasteiger partial charge on any atom is -0.337 e. The lowest BCUT2D eigenvalue weighted by atomic mass is 10.1. The van der Waals surface area contributed by atoms with E-state index in [4.69, 9.17) is 17.3 Å². The minimum atomic E-state index is -0.419. The van der Waals surface area contributed by atoms with Crippen molar-refractivity contribution in [2.24, 2.45) is 5.73 Å². The van der Waals surface area contributed by atoms with Crippen molar-refractivity contribution in [2.45, 2.75) is 32.9 Å². The maximum absolute atomic E-state index is 12.0. The Labute approximate surface area is 120 Å². The van der Waals surface area contributed by atoms with Crippen molar-refractivity contribution < 1.29 is 4.79 Å². The van der Waals surface area contributed by atoms with E-state index in [0.717, 1.165) is 5.56 Å². The van der Waals surface area contributed by atoms with Crippen LogP contribution in [0.25, 0.3) is 0 Å². The highest BCUT2D eigenvalue weighted by Crippen LogP contribution is 2.17.